The molecule has 1 heterocycles. The van der Waals surface area contributed by atoms with E-state index in [-0.39, 0.29) is 11.3 Å². The lowest BCUT2D eigenvalue weighted by atomic mass is 10.00. The largest absolute Gasteiger partial charge is 0.435 e. The van der Waals surface area contributed by atoms with E-state index < -0.39 is 12.4 Å². The number of para-hydroxylation sites is 1. The lowest BCUT2D eigenvalue weighted by Gasteiger charge is -2.04. The van der Waals surface area contributed by atoms with Gasteiger partial charge in [-0.15, -0.1) is 0 Å². The highest BCUT2D eigenvalue weighted by Gasteiger charge is 2.17. The van der Waals surface area contributed by atoms with Crippen molar-refractivity contribution in [2.75, 3.05) is 0 Å². The van der Waals surface area contributed by atoms with Crippen LogP contribution in [0.3, 0.4) is 0 Å². The maximum Gasteiger partial charge on any atom is 0.387 e. The van der Waals surface area contributed by atoms with Crippen molar-refractivity contribution in [3.63, 3.8) is 0 Å². The Labute approximate surface area is 154 Å². The summed E-state index contributed by atoms with van der Waals surface area (Å²) < 4.78 is 28.7. The minimum atomic E-state index is -2.91. The average Bonchev–Trinajstić information content (AvgIpc) is 3.10. The van der Waals surface area contributed by atoms with Gasteiger partial charge in [-0.1, -0.05) is 37.3 Å². The number of aromatic nitrogens is 1. The summed E-state index contributed by atoms with van der Waals surface area (Å²) in [6.45, 7) is -0.878. The lowest BCUT2D eigenvalue weighted by Crippen LogP contribution is -2.02. The minimum absolute atomic E-state index is 0.00991. The minimum Gasteiger partial charge on any atom is -0.435 e. The quantitative estimate of drug-likeness (QED) is 0.374. The molecular weight excluding hydrogens is 350 g/mol. The van der Waals surface area contributed by atoms with E-state index in [4.69, 9.17) is 0 Å². The number of halogens is 2. The van der Waals surface area contributed by atoms with E-state index in [0.29, 0.717) is 11.1 Å². The number of hydrogen-bond donors (Lipinski definition) is 1. The molecule has 0 fully saturated rings. The van der Waals surface area contributed by atoms with E-state index in [1.807, 2.05) is 31.2 Å². The Kier molecular flexibility index (Phi) is 5.32. The number of ketones is 1. The first-order valence-corrected chi connectivity index (χ1v) is 8.33. The van der Waals surface area contributed by atoms with Crippen LogP contribution >= 0.6 is 0 Å². The molecule has 3 rings (SSSR count). The van der Waals surface area contributed by atoms with Gasteiger partial charge in [0.25, 0.3) is 0 Å². The van der Waals surface area contributed by atoms with Crippen molar-refractivity contribution >= 4 is 22.8 Å². The zero-order valence-corrected chi connectivity index (χ0v) is 14.5. The predicted octanol–water partition coefficient (Wildman–Crippen LogP) is 5.12. The zero-order valence-electron chi connectivity index (χ0n) is 14.5. The molecule has 0 bridgehead atoms. The van der Waals surface area contributed by atoms with Gasteiger partial charge in [0, 0.05) is 22.7 Å². The Morgan fingerprint density at radius 1 is 1.26 bits per heavy atom. The highest BCUT2D eigenvalue weighted by atomic mass is 19.3. The number of H-pyrrole nitrogens is 1. The summed E-state index contributed by atoms with van der Waals surface area (Å²) in [7, 11) is 0. The number of aromatic amines is 1. The third-order valence-electron chi connectivity index (χ3n) is 4.21. The molecule has 0 atom stereocenters. The molecule has 0 saturated carbocycles. The van der Waals surface area contributed by atoms with E-state index in [1.165, 1.54) is 30.3 Å². The fourth-order valence-electron chi connectivity index (χ4n) is 2.91. The van der Waals surface area contributed by atoms with Crippen molar-refractivity contribution < 1.29 is 18.3 Å². The first-order valence-electron chi connectivity index (χ1n) is 8.33. The number of Topliss-reactive ketones (excluding diaryl/α,β-unsaturated/α-hetero) is 1. The van der Waals surface area contributed by atoms with Gasteiger partial charge in [0.2, 0.25) is 5.78 Å². The second-order valence-electron chi connectivity index (χ2n) is 5.84. The van der Waals surface area contributed by atoms with Gasteiger partial charge in [0.1, 0.15) is 17.4 Å². The predicted molar refractivity (Wildman–Crippen MR) is 98.7 cm³/mol. The number of benzene rings is 2. The van der Waals surface area contributed by atoms with Crippen molar-refractivity contribution in [1.29, 1.82) is 5.26 Å². The number of rotatable bonds is 6. The van der Waals surface area contributed by atoms with Crippen molar-refractivity contribution in [3.8, 4) is 11.8 Å². The normalized spacial score (nSPS) is 11.6. The van der Waals surface area contributed by atoms with E-state index in [2.05, 4.69) is 9.72 Å². The van der Waals surface area contributed by atoms with Crippen molar-refractivity contribution in [2.24, 2.45) is 0 Å². The maximum absolute atomic E-state index is 12.8. The monoisotopic (exact) mass is 366 g/mol. The molecule has 0 aliphatic rings. The van der Waals surface area contributed by atoms with Gasteiger partial charge in [-0.25, -0.2) is 0 Å². The Morgan fingerprint density at radius 3 is 2.63 bits per heavy atom. The van der Waals surface area contributed by atoms with Crippen LogP contribution in [-0.2, 0) is 6.42 Å². The fourth-order valence-corrected chi connectivity index (χ4v) is 2.91. The highest BCUT2D eigenvalue weighted by Crippen LogP contribution is 2.25. The Hall–Kier alpha value is -3.46. The van der Waals surface area contributed by atoms with Gasteiger partial charge in [-0.3, -0.25) is 4.79 Å². The van der Waals surface area contributed by atoms with Gasteiger partial charge in [0.05, 0.1) is 0 Å². The van der Waals surface area contributed by atoms with E-state index in [0.717, 1.165) is 22.9 Å². The van der Waals surface area contributed by atoms with Gasteiger partial charge in [0.15, 0.2) is 0 Å². The number of nitrogens with zero attached hydrogens (tertiary/aromatic N) is 1. The van der Waals surface area contributed by atoms with Crippen molar-refractivity contribution in [2.45, 2.75) is 20.0 Å². The highest BCUT2D eigenvalue weighted by molar-refractivity contribution is 6.20. The number of hydrogen-bond acceptors (Lipinski definition) is 3. The molecular formula is C21H16F2N2O2. The number of aryl methyl sites for hydroxylation is 1. The molecule has 0 aliphatic heterocycles. The number of carbonyl (C=O) groups excluding carboxylic acids is 1. The van der Waals surface area contributed by atoms with E-state index in [9.17, 15) is 18.8 Å². The third kappa shape index (κ3) is 3.87. The molecule has 4 nitrogen and oxygen atoms in total. The standard InChI is InChI=1S/C21H16F2N2O2/c1-2-14-4-3-5-17-18(12-25-19(14)17)20(26)15(11-24)10-13-6-8-16(9-7-13)27-21(22)23/h3-10,12,21,25H,2H2,1H3/b15-10+. The summed E-state index contributed by atoms with van der Waals surface area (Å²) >= 11 is 0. The Balaban J connectivity index is 1.93. The molecule has 2 aromatic carbocycles. The van der Waals surface area contributed by atoms with Crippen LogP contribution in [0.1, 0.15) is 28.4 Å². The number of ether oxygens (including phenoxy) is 1. The third-order valence-corrected chi connectivity index (χ3v) is 4.21. The number of fused-ring (bicyclic) bond motifs is 1. The van der Waals surface area contributed by atoms with Crippen LogP contribution in [0.25, 0.3) is 17.0 Å². The molecule has 136 valence electrons. The Bertz CT molecular complexity index is 1040. The smallest absolute Gasteiger partial charge is 0.387 e. The molecule has 0 unspecified atom stereocenters. The van der Waals surface area contributed by atoms with Crippen LogP contribution in [0.5, 0.6) is 5.75 Å². The maximum atomic E-state index is 12.8. The molecule has 0 radical (unpaired) electrons. The SMILES string of the molecule is CCc1cccc2c(C(=O)/C(C#N)=C/c3ccc(OC(F)F)cc3)c[nH]c12. The fraction of sp³-hybridized carbons (Fsp3) is 0.143. The molecule has 0 amide bonds. The molecule has 0 aliphatic carbocycles. The number of allylic oxidation sites excluding steroid dienone is 1. The van der Waals surface area contributed by atoms with Gasteiger partial charge < -0.3 is 9.72 Å². The van der Waals surface area contributed by atoms with E-state index in [1.54, 1.807) is 6.20 Å². The van der Waals surface area contributed by atoms with Crippen LogP contribution in [0, 0.1) is 11.3 Å². The van der Waals surface area contributed by atoms with Crippen molar-refractivity contribution in [3.05, 3.63) is 70.9 Å². The summed E-state index contributed by atoms with van der Waals surface area (Å²) in [5.74, 6) is -0.388. The molecule has 1 N–H and O–H groups in total. The van der Waals surface area contributed by atoms with Gasteiger partial charge in [-0.2, -0.15) is 14.0 Å². The van der Waals surface area contributed by atoms with E-state index >= 15 is 0 Å². The number of nitrogens with one attached hydrogen (secondary N) is 1. The van der Waals surface area contributed by atoms with Crippen LogP contribution < -0.4 is 4.74 Å². The lowest BCUT2D eigenvalue weighted by molar-refractivity contribution is -0.0498. The first-order chi connectivity index (χ1) is 13.0. The van der Waals surface area contributed by atoms with Crippen LogP contribution in [-0.4, -0.2) is 17.4 Å². The average molecular weight is 366 g/mol. The van der Waals surface area contributed by atoms with Crippen LogP contribution in [0.4, 0.5) is 8.78 Å². The van der Waals surface area contributed by atoms with Gasteiger partial charge in [-0.05, 0) is 35.8 Å². The number of nitriles is 1. The van der Waals surface area contributed by atoms with Crippen molar-refractivity contribution in [1.82, 2.24) is 4.98 Å². The number of alkyl halides is 2. The zero-order chi connectivity index (χ0) is 19.4. The summed E-state index contributed by atoms with van der Waals surface area (Å²) in [6, 6.07) is 13.4. The Morgan fingerprint density at radius 2 is 2.00 bits per heavy atom. The summed E-state index contributed by atoms with van der Waals surface area (Å²) in [5.41, 5.74) is 2.89. The summed E-state index contributed by atoms with van der Waals surface area (Å²) in [6.07, 6.45) is 3.85. The number of carbonyl (C=O) groups is 1. The molecule has 3 aromatic rings. The van der Waals surface area contributed by atoms with Crippen LogP contribution in [0.15, 0.2) is 54.2 Å². The van der Waals surface area contributed by atoms with Gasteiger partial charge >= 0.3 is 6.61 Å². The summed E-state index contributed by atoms with van der Waals surface area (Å²) in [5, 5.41) is 10.2. The topological polar surface area (TPSA) is 65.9 Å². The second-order valence-corrected chi connectivity index (χ2v) is 5.84. The second kappa shape index (κ2) is 7.83. The summed E-state index contributed by atoms with van der Waals surface area (Å²) in [4.78, 5) is 15.9. The molecule has 1 aromatic heterocycles. The molecule has 27 heavy (non-hydrogen) atoms. The molecule has 6 heteroatoms. The first kappa shape index (κ1) is 18.3. The molecule has 0 spiro atoms. The molecule has 0 saturated heterocycles. The van der Waals surface area contributed by atoms with Crippen LogP contribution in [0.2, 0.25) is 0 Å².